The Morgan fingerprint density at radius 1 is 1.42 bits per heavy atom. The Morgan fingerprint density at radius 2 is 2.19 bits per heavy atom. The number of hydrogen-bond donors (Lipinski definition) is 4. The molecule has 140 valence electrons. The highest BCUT2D eigenvalue weighted by molar-refractivity contribution is 7.98. The number of aromatic amines is 1. The predicted octanol–water partition coefficient (Wildman–Crippen LogP) is 1.21. The second-order valence-electron chi connectivity index (χ2n) is 4.84. The number of benzene rings is 1. The Kier molecular flexibility index (Phi) is 7.06. The molecule has 0 aliphatic carbocycles. The summed E-state index contributed by atoms with van der Waals surface area (Å²) in [6.45, 7) is -0.511. The van der Waals surface area contributed by atoms with E-state index in [1.165, 1.54) is 23.9 Å². The number of ether oxygens (including phenoxy) is 1. The van der Waals surface area contributed by atoms with Crippen LogP contribution in [0.5, 0.6) is 0 Å². The topological polar surface area (TPSA) is 116 Å². The number of carbonyl (C=O) groups is 1. The number of thioether (sulfide) groups is 1. The van der Waals surface area contributed by atoms with Crippen LogP contribution in [0.4, 0.5) is 20.2 Å². The van der Waals surface area contributed by atoms with Crippen molar-refractivity contribution in [2.24, 2.45) is 0 Å². The number of carbonyl (C=O) groups excluding carboxylic acids is 1. The van der Waals surface area contributed by atoms with Crippen LogP contribution in [-0.2, 0) is 4.74 Å². The molecule has 1 heterocycles. The molecule has 0 saturated carbocycles. The molecule has 0 unspecified atom stereocenters. The number of nitrogens with one attached hydrogen (secondary N) is 3. The van der Waals surface area contributed by atoms with Gasteiger partial charge in [0.05, 0.1) is 18.9 Å². The number of amides is 1. The lowest BCUT2D eigenvalue weighted by Gasteiger charge is -2.13. The van der Waals surface area contributed by atoms with Crippen molar-refractivity contribution in [3.63, 3.8) is 0 Å². The van der Waals surface area contributed by atoms with Crippen molar-refractivity contribution >= 4 is 29.0 Å². The first-order valence-corrected chi connectivity index (χ1v) is 8.56. The van der Waals surface area contributed by atoms with E-state index >= 15 is 0 Å². The summed E-state index contributed by atoms with van der Waals surface area (Å²) in [5.41, 5.74) is -2.34. The second kappa shape index (κ2) is 9.27. The van der Waals surface area contributed by atoms with Crippen LogP contribution in [0.15, 0.2) is 27.9 Å². The van der Waals surface area contributed by atoms with Crippen LogP contribution < -0.4 is 16.2 Å². The minimum Gasteiger partial charge on any atom is -0.394 e. The number of aliphatic hydroxyl groups is 1. The summed E-state index contributed by atoms with van der Waals surface area (Å²) in [6.07, 6.45) is 1.77. The van der Waals surface area contributed by atoms with Crippen molar-refractivity contribution in [2.45, 2.75) is 4.90 Å². The van der Waals surface area contributed by atoms with Crippen LogP contribution in [0.2, 0.25) is 0 Å². The van der Waals surface area contributed by atoms with Crippen LogP contribution in [0.1, 0.15) is 10.5 Å². The zero-order valence-corrected chi connectivity index (χ0v) is 14.5. The lowest BCUT2D eigenvalue weighted by molar-refractivity contribution is 0.0660. The molecule has 0 aliphatic heterocycles. The van der Waals surface area contributed by atoms with E-state index in [0.717, 1.165) is 0 Å². The zero-order valence-electron chi connectivity index (χ0n) is 13.6. The van der Waals surface area contributed by atoms with Gasteiger partial charge in [-0.15, -0.1) is 11.8 Å². The van der Waals surface area contributed by atoms with E-state index in [9.17, 15) is 18.4 Å². The Bertz CT molecular complexity index is 847. The zero-order chi connectivity index (χ0) is 19.1. The number of hydrogen-bond acceptors (Lipinski definition) is 7. The van der Waals surface area contributed by atoms with E-state index in [2.05, 4.69) is 15.7 Å². The van der Waals surface area contributed by atoms with Crippen LogP contribution in [0.25, 0.3) is 0 Å². The highest BCUT2D eigenvalue weighted by atomic mass is 32.2. The summed E-state index contributed by atoms with van der Waals surface area (Å²) in [4.78, 5) is 24.3. The molecule has 4 N–H and O–H groups in total. The third kappa shape index (κ3) is 4.77. The van der Waals surface area contributed by atoms with Gasteiger partial charge in [-0.25, -0.2) is 9.49 Å². The maximum atomic E-state index is 14.2. The van der Waals surface area contributed by atoms with Crippen LogP contribution in [0.3, 0.4) is 0 Å². The van der Waals surface area contributed by atoms with Crippen molar-refractivity contribution in [1.29, 1.82) is 0 Å². The van der Waals surface area contributed by atoms with Gasteiger partial charge in [-0.05, 0) is 24.5 Å². The molecule has 1 amide bonds. The quantitative estimate of drug-likeness (QED) is 0.306. The molecule has 0 saturated heterocycles. The first-order valence-electron chi connectivity index (χ1n) is 7.33. The summed E-state index contributed by atoms with van der Waals surface area (Å²) in [6, 6.07) is 4.18. The van der Waals surface area contributed by atoms with Crippen molar-refractivity contribution in [2.75, 3.05) is 31.5 Å². The van der Waals surface area contributed by atoms with Gasteiger partial charge in [0.25, 0.3) is 5.91 Å². The first kappa shape index (κ1) is 19.8. The van der Waals surface area contributed by atoms with Crippen molar-refractivity contribution in [3.05, 3.63) is 45.9 Å². The van der Waals surface area contributed by atoms with Gasteiger partial charge in [0.15, 0.2) is 5.69 Å². The van der Waals surface area contributed by atoms with E-state index in [-0.39, 0.29) is 25.6 Å². The van der Waals surface area contributed by atoms with Gasteiger partial charge in [0, 0.05) is 4.90 Å². The van der Waals surface area contributed by atoms with E-state index in [1.54, 1.807) is 12.3 Å². The minimum absolute atomic E-state index is 0.00813. The van der Waals surface area contributed by atoms with Crippen molar-refractivity contribution in [3.8, 4) is 0 Å². The summed E-state index contributed by atoms with van der Waals surface area (Å²) in [5, 5.41) is 18.6. The highest BCUT2D eigenvalue weighted by Crippen LogP contribution is 2.26. The average Bonchev–Trinajstić information content (AvgIpc) is 2.63. The Labute approximate surface area is 151 Å². The SMILES string of the molecule is CSc1ccc(Nc2c(C(=O)NCOCCO)n[nH]c(=O)c2F)c(F)c1. The van der Waals surface area contributed by atoms with E-state index in [1.807, 2.05) is 5.10 Å². The Balaban J connectivity index is 2.30. The molecule has 2 rings (SSSR count). The van der Waals surface area contributed by atoms with Crippen molar-refractivity contribution in [1.82, 2.24) is 15.5 Å². The third-order valence-electron chi connectivity index (χ3n) is 3.15. The molecule has 8 nitrogen and oxygen atoms in total. The number of H-pyrrole nitrogens is 1. The first-order chi connectivity index (χ1) is 12.5. The fraction of sp³-hybridized carbons (Fsp3) is 0.267. The number of aliphatic hydroxyl groups excluding tert-OH is 1. The van der Waals surface area contributed by atoms with E-state index in [0.29, 0.717) is 4.90 Å². The van der Waals surface area contributed by atoms with Gasteiger partial charge >= 0.3 is 5.56 Å². The van der Waals surface area contributed by atoms with Gasteiger partial charge in [-0.1, -0.05) is 0 Å². The third-order valence-corrected chi connectivity index (χ3v) is 3.87. The number of aromatic nitrogens is 2. The van der Waals surface area contributed by atoms with E-state index in [4.69, 9.17) is 9.84 Å². The van der Waals surface area contributed by atoms with Crippen LogP contribution in [0, 0.1) is 11.6 Å². The predicted molar refractivity (Wildman–Crippen MR) is 91.7 cm³/mol. The van der Waals surface area contributed by atoms with Crippen LogP contribution in [-0.4, -0.2) is 47.4 Å². The van der Waals surface area contributed by atoms with Gasteiger partial charge in [0.1, 0.15) is 18.2 Å². The smallest absolute Gasteiger partial charge is 0.302 e. The molecule has 0 atom stereocenters. The number of halogens is 2. The lowest BCUT2D eigenvalue weighted by Crippen LogP contribution is -2.30. The Morgan fingerprint density at radius 3 is 2.85 bits per heavy atom. The van der Waals surface area contributed by atoms with Gasteiger partial charge in [-0.3, -0.25) is 9.59 Å². The van der Waals surface area contributed by atoms with Crippen molar-refractivity contribution < 1.29 is 23.4 Å². The molecular formula is C15H16F2N4O4S. The normalized spacial score (nSPS) is 10.6. The molecule has 0 spiro atoms. The molecule has 0 bridgehead atoms. The van der Waals surface area contributed by atoms with E-state index < -0.39 is 34.5 Å². The molecule has 0 fully saturated rings. The summed E-state index contributed by atoms with van der Waals surface area (Å²) in [7, 11) is 0. The molecular weight excluding hydrogens is 370 g/mol. The average molecular weight is 386 g/mol. The highest BCUT2D eigenvalue weighted by Gasteiger charge is 2.21. The molecule has 2 aromatic rings. The molecule has 1 aromatic carbocycles. The Hall–Kier alpha value is -2.50. The summed E-state index contributed by atoms with van der Waals surface area (Å²) >= 11 is 1.32. The standard InChI is InChI=1S/C15H16F2N4O4S/c1-26-8-2-3-10(9(16)6-8)19-12-11(17)14(23)21-20-13(12)15(24)18-7-25-5-4-22/h2-3,6,22H,4-5,7H2,1H3,(H,18,24)(H2,19,21,23). The summed E-state index contributed by atoms with van der Waals surface area (Å²) in [5.74, 6) is -2.86. The lowest BCUT2D eigenvalue weighted by atomic mass is 10.2. The van der Waals surface area contributed by atoms with Gasteiger partial charge in [0.2, 0.25) is 5.82 Å². The monoisotopic (exact) mass is 386 g/mol. The van der Waals surface area contributed by atoms with Gasteiger partial charge in [-0.2, -0.15) is 9.49 Å². The number of anilines is 2. The molecule has 0 radical (unpaired) electrons. The maximum absolute atomic E-state index is 14.2. The minimum atomic E-state index is -1.31. The maximum Gasteiger partial charge on any atom is 0.302 e. The fourth-order valence-corrected chi connectivity index (χ4v) is 2.33. The van der Waals surface area contributed by atoms with Crippen LogP contribution >= 0.6 is 11.8 Å². The molecule has 1 aromatic heterocycles. The summed E-state index contributed by atoms with van der Waals surface area (Å²) < 4.78 is 33.2. The number of nitrogens with zero attached hydrogens (tertiary/aromatic N) is 1. The fourth-order valence-electron chi connectivity index (χ4n) is 1.90. The molecule has 26 heavy (non-hydrogen) atoms. The number of rotatable bonds is 8. The molecule has 0 aliphatic rings. The molecule has 11 heteroatoms. The second-order valence-corrected chi connectivity index (χ2v) is 5.72. The van der Waals surface area contributed by atoms with Gasteiger partial charge < -0.3 is 20.5 Å². The largest absolute Gasteiger partial charge is 0.394 e.